The minimum Gasteiger partial charge on any atom is -0.488 e. The van der Waals surface area contributed by atoms with Gasteiger partial charge in [0, 0.05) is 6.42 Å². The van der Waals surface area contributed by atoms with Crippen LogP contribution in [-0.2, 0) is 9.59 Å². The lowest BCUT2D eigenvalue weighted by Crippen LogP contribution is -2.41. The van der Waals surface area contributed by atoms with Crippen molar-refractivity contribution in [2.45, 2.75) is 38.2 Å². The fourth-order valence-electron chi connectivity index (χ4n) is 3.55. The summed E-state index contributed by atoms with van der Waals surface area (Å²) >= 11 is 12.0. The molecule has 5 nitrogen and oxygen atoms in total. The topological polar surface area (TPSA) is 66.8 Å². The first-order chi connectivity index (χ1) is 11.4. The summed E-state index contributed by atoms with van der Waals surface area (Å²) in [6, 6.07) is 4.95. The van der Waals surface area contributed by atoms with Crippen molar-refractivity contribution in [2.24, 2.45) is 5.41 Å². The molecule has 3 rings (SSSR count). The number of rotatable bonds is 5. The molecule has 1 aliphatic carbocycles. The highest BCUT2D eigenvalue weighted by Crippen LogP contribution is 2.46. The lowest BCUT2D eigenvalue weighted by molar-refractivity contribution is -0.143. The number of aliphatic hydroxyl groups excluding tert-OH is 1. The van der Waals surface area contributed by atoms with E-state index in [1.807, 2.05) is 0 Å². The number of para-hydroxylation sites is 1. The van der Waals surface area contributed by atoms with E-state index in [1.165, 1.54) is 4.90 Å². The molecule has 1 atom stereocenters. The number of nitrogens with zero attached hydrogens (tertiary/aromatic N) is 1. The molecule has 1 spiro atoms. The maximum Gasteiger partial charge on any atom is 0.235 e. The van der Waals surface area contributed by atoms with Crippen LogP contribution >= 0.6 is 23.2 Å². The first-order valence-corrected chi connectivity index (χ1v) is 8.78. The molecule has 1 aliphatic heterocycles. The highest BCUT2D eigenvalue weighted by Gasteiger charge is 2.52. The van der Waals surface area contributed by atoms with Gasteiger partial charge in [-0.15, -0.1) is 0 Å². The Morgan fingerprint density at radius 1 is 1.21 bits per heavy atom. The van der Waals surface area contributed by atoms with E-state index in [4.69, 9.17) is 27.9 Å². The number of amides is 2. The van der Waals surface area contributed by atoms with Crippen LogP contribution in [0.5, 0.6) is 5.75 Å². The Bertz CT molecular complexity index is 638. The molecule has 1 aromatic rings. The predicted molar refractivity (Wildman–Crippen MR) is 90.2 cm³/mol. The molecular weight excluding hydrogens is 353 g/mol. The smallest absolute Gasteiger partial charge is 0.235 e. The number of β-amino-alcohol motifs (C(OH)–C–C–N with tert-alkyl or cyclic N) is 1. The van der Waals surface area contributed by atoms with Gasteiger partial charge >= 0.3 is 0 Å². The minimum absolute atomic E-state index is 0.0680. The van der Waals surface area contributed by atoms with Crippen molar-refractivity contribution in [1.29, 1.82) is 0 Å². The number of carbonyl (C=O) groups is 2. The zero-order valence-electron chi connectivity index (χ0n) is 13.1. The Morgan fingerprint density at radius 2 is 1.83 bits per heavy atom. The summed E-state index contributed by atoms with van der Waals surface area (Å²) in [5.41, 5.74) is -0.524. The zero-order valence-corrected chi connectivity index (χ0v) is 14.6. The molecule has 0 bridgehead atoms. The third kappa shape index (κ3) is 3.25. The van der Waals surface area contributed by atoms with Crippen LogP contribution in [0, 0.1) is 5.41 Å². The minimum atomic E-state index is -0.998. The summed E-state index contributed by atoms with van der Waals surface area (Å²) in [7, 11) is 0. The number of likely N-dealkylation sites (tertiary alicyclic amines) is 1. The van der Waals surface area contributed by atoms with Gasteiger partial charge in [-0.25, -0.2) is 0 Å². The quantitative estimate of drug-likeness (QED) is 0.807. The van der Waals surface area contributed by atoms with Gasteiger partial charge in [0.2, 0.25) is 11.8 Å². The van der Waals surface area contributed by atoms with Gasteiger partial charge in [0.15, 0.2) is 5.75 Å². The van der Waals surface area contributed by atoms with Gasteiger partial charge in [0.1, 0.15) is 12.7 Å². The van der Waals surface area contributed by atoms with Crippen LogP contribution in [0.4, 0.5) is 0 Å². The van der Waals surface area contributed by atoms with Crippen LogP contribution in [-0.4, -0.2) is 41.1 Å². The molecule has 0 radical (unpaired) electrons. The second-order valence-electron chi connectivity index (χ2n) is 6.49. The van der Waals surface area contributed by atoms with Crippen LogP contribution in [0.25, 0.3) is 0 Å². The van der Waals surface area contributed by atoms with Crippen molar-refractivity contribution in [3.8, 4) is 5.75 Å². The molecule has 0 aromatic heterocycles. The molecule has 1 N–H and O–H groups in total. The summed E-state index contributed by atoms with van der Waals surface area (Å²) < 4.78 is 5.46. The second kappa shape index (κ2) is 6.90. The van der Waals surface area contributed by atoms with E-state index in [0.29, 0.717) is 10.0 Å². The van der Waals surface area contributed by atoms with Crippen LogP contribution < -0.4 is 4.74 Å². The maximum atomic E-state index is 12.6. The average molecular weight is 372 g/mol. The molecule has 1 heterocycles. The average Bonchev–Trinajstić information content (AvgIpc) is 3.08. The van der Waals surface area contributed by atoms with Crippen molar-refractivity contribution in [2.75, 3.05) is 13.2 Å². The highest BCUT2D eigenvalue weighted by molar-refractivity contribution is 6.37. The van der Waals surface area contributed by atoms with Crippen molar-refractivity contribution >= 4 is 35.0 Å². The number of benzene rings is 1. The molecule has 1 saturated carbocycles. The molecular formula is C17H19Cl2NO4. The summed E-state index contributed by atoms with van der Waals surface area (Å²) in [5, 5.41) is 10.8. The second-order valence-corrected chi connectivity index (χ2v) is 7.30. The lowest BCUT2D eigenvalue weighted by Gasteiger charge is -2.23. The van der Waals surface area contributed by atoms with Crippen LogP contribution in [0.3, 0.4) is 0 Å². The lowest BCUT2D eigenvalue weighted by atomic mass is 9.84. The normalized spacial score (nSPS) is 20.9. The van der Waals surface area contributed by atoms with E-state index in [-0.39, 0.29) is 37.1 Å². The third-order valence-electron chi connectivity index (χ3n) is 4.78. The van der Waals surface area contributed by atoms with E-state index in [9.17, 15) is 14.7 Å². The molecule has 2 aliphatic rings. The van der Waals surface area contributed by atoms with Gasteiger partial charge < -0.3 is 9.84 Å². The molecule has 0 unspecified atom stereocenters. The Kier molecular flexibility index (Phi) is 5.04. The van der Waals surface area contributed by atoms with Crippen molar-refractivity contribution in [3.63, 3.8) is 0 Å². The SMILES string of the molecule is O=C1CC2(CCCC2)C(=O)N1C[C@H](O)COc1c(Cl)cccc1Cl. The van der Waals surface area contributed by atoms with Crippen molar-refractivity contribution < 1.29 is 19.4 Å². The first-order valence-electron chi connectivity index (χ1n) is 8.03. The Morgan fingerprint density at radius 3 is 2.46 bits per heavy atom. The van der Waals surface area contributed by atoms with E-state index in [2.05, 4.69) is 0 Å². The van der Waals surface area contributed by atoms with Crippen LogP contribution in [0.1, 0.15) is 32.1 Å². The molecule has 7 heteroatoms. The summed E-state index contributed by atoms with van der Waals surface area (Å²) in [5.74, 6) is -0.0808. The molecule has 2 fully saturated rings. The number of ether oxygens (including phenoxy) is 1. The molecule has 1 saturated heterocycles. The monoisotopic (exact) mass is 371 g/mol. The Hall–Kier alpha value is -1.30. The van der Waals surface area contributed by atoms with E-state index in [0.717, 1.165) is 25.7 Å². The van der Waals surface area contributed by atoms with Crippen LogP contribution in [0.2, 0.25) is 10.0 Å². The number of carbonyl (C=O) groups excluding carboxylic acids is 2. The van der Waals surface area contributed by atoms with E-state index < -0.39 is 11.5 Å². The summed E-state index contributed by atoms with van der Waals surface area (Å²) in [6.45, 7) is -0.172. The van der Waals surface area contributed by atoms with Gasteiger partial charge in [0.25, 0.3) is 0 Å². The number of halogens is 2. The molecule has 130 valence electrons. The number of aliphatic hydroxyl groups is 1. The summed E-state index contributed by atoms with van der Waals surface area (Å²) in [6.07, 6.45) is 2.73. The van der Waals surface area contributed by atoms with Crippen LogP contribution in [0.15, 0.2) is 18.2 Å². The standard InChI is InChI=1S/C17H19Cl2NO4/c18-12-4-3-5-13(19)15(12)24-10-11(21)9-20-14(22)8-17(16(20)23)6-1-2-7-17/h3-5,11,21H,1-2,6-10H2/t11-/m0/s1. The van der Waals surface area contributed by atoms with Gasteiger partial charge in [0.05, 0.1) is 22.0 Å². The zero-order chi connectivity index (χ0) is 17.3. The van der Waals surface area contributed by atoms with E-state index in [1.54, 1.807) is 18.2 Å². The third-order valence-corrected chi connectivity index (χ3v) is 5.38. The first kappa shape index (κ1) is 17.5. The molecule has 24 heavy (non-hydrogen) atoms. The summed E-state index contributed by atoms with van der Waals surface area (Å²) in [4.78, 5) is 25.9. The number of imide groups is 1. The van der Waals surface area contributed by atoms with Crippen molar-refractivity contribution in [1.82, 2.24) is 4.90 Å². The molecule has 1 aromatic carbocycles. The van der Waals surface area contributed by atoms with E-state index >= 15 is 0 Å². The Balaban J connectivity index is 1.60. The molecule has 2 amide bonds. The number of hydrogen-bond acceptors (Lipinski definition) is 4. The fourth-order valence-corrected chi connectivity index (χ4v) is 4.06. The fraction of sp³-hybridized carbons (Fsp3) is 0.529. The predicted octanol–water partition coefficient (Wildman–Crippen LogP) is 3.05. The van der Waals surface area contributed by atoms with Gasteiger partial charge in [-0.3, -0.25) is 14.5 Å². The Labute approximate surface area is 150 Å². The van der Waals surface area contributed by atoms with Crippen molar-refractivity contribution in [3.05, 3.63) is 28.2 Å². The van der Waals surface area contributed by atoms with Gasteiger partial charge in [-0.1, -0.05) is 42.1 Å². The maximum absolute atomic E-state index is 12.6. The van der Waals surface area contributed by atoms with Gasteiger partial charge in [-0.05, 0) is 25.0 Å². The number of hydrogen-bond donors (Lipinski definition) is 1. The van der Waals surface area contributed by atoms with Gasteiger partial charge in [-0.2, -0.15) is 0 Å². The highest BCUT2D eigenvalue weighted by atomic mass is 35.5. The largest absolute Gasteiger partial charge is 0.488 e.